The van der Waals surface area contributed by atoms with E-state index in [2.05, 4.69) is 10.3 Å². The molecule has 1 amide bonds. The highest BCUT2D eigenvalue weighted by Crippen LogP contribution is 2.59. The Labute approximate surface area is 159 Å². The van der Waals surface area contributed by atoms with E-state index in [9.17, 15) is 4.79 Å². The fourth-order valence-corrected chi connectivity index (χ4v) is 6.62. The van der Waals surface area contributed by atoms with Crippen LogP contribution in [-0.2, 0) is 0 Å². The van der Waals surface area contributed by atoms with Crippen molar-refractivity contribution >= 4 is 28.4 Å². The normalized spacial score (nSPS) is 32.2. The van der Waals surface area contributed by atoms with Gasteiger partial charge < -0.3 is 5.32 Å². The van der Waals surface area contributed by atoms with Crippen LogP contribution in [0, 0.1) is 30.1 Å². The first-order valence-corrected chi connectivity index (χ1v) is 10.2. The zero-order valence-electron chi connectivity index (χ0n) is 15.2. The van der Waals surface area contributed by atoms with Crippen LogP contribution in [0.4, 0.5) is 0 Å². The maximum absolute atomic E-state index is 13.0. The van der Waals surface area contributed by atoms with Crippen LogP contribution >= 0.6 is 11.6 Å². The number of aryl methyl sites for hydroxylation is 1. The van der Waals surface area contributed by atoms with Crippen LogP contribution < -0.4 is 5.32 Å². The van der Waals surface area contributed by atoms with Crippen molar-refractivity contribution in [1.82, 2.24) is 10.3 Å². The molecule has 1 N–H and O–H groups in total. The zero-order chi connectivity index (χ0) is 17.9. The molecule has 26 heavy (non-hydrogen) atoms. The number of benzene rings is 1. The summed E-state index contributed by atoms with van der Waals surface area (Å²) in [6.45, 7) is 2.75. The van der Waals surface area contributed by atoms with E-state index in [0.717, 1.165) is 40.9 Å². The highest BCUT2D eigenvalue weighted by Gasteiger charge is 2.50. The lowest BCUT2D eigenvalue weighted by atomic mass is 9.49. The molecule has 6 rings (SSSR count). The molecular weight excluding hydrogens is 344 g/mol. The van der Waals surface area contributed by atoms with E-state index in [4.69, 9.17) is 11.6 Å². The molecule has 0 radical (unpaired) electrons. The van der Waals surface area contributed by atoms with Crippen molar-refractivity contribution in [3.05, 3.63) is 40.5 Å². The van der Waals surface area contributed by atoms with Gasteiger partial charge in [-0.15, -0.1) is 0 Å². The molecule has 136 valence electrons. The summed E-state index contributed by atoms with van der Waals surface area (Å²) in [6, 6.07) is 7.58. The number of nitrogens with zero attached hydrogens (tertiary/aromatic N) is 1. The first-order chi connectivity index (χ1) is 12.5. The van der Waals surface area contributed by atoms with Gasteiger partial charge in [-0.1, -0.05) is 17.7 Å². The Morgan fingerprint density at radius 3 is 2.42 bits per heavy atom. The van der Waals surface area contributed by atoms with Gasteiger partial charge in [0.2, 0.25) is 0 Å². The van der Waals surface area contributed by atoms with Crippen molar-refractivity contribution in [3.63, 3.8) is 0 Å². The third-order valence-electron chi connectivity index (χ3n) is 6.98. The average Bonchev–Trinajstić information content (AvgIpc) is 2.59. The molecule has 2 aromatic rings. The molecule has 0 aliphatic heterocycles. The summed E-state index contributed by atoms with van der Waals surface area (Å²) >= 11 is 6.40. The van der Waals surface area contributed by atoms with Crippen LogP contribution in [0.3, 0.4) is 0 Å². The average molecular weight is 369 g/mol. The van der Waals surface area contributed by atoms with Crippen molar-refractivity contribution in [2.75, 3.05) is 6.54 Å². The molecule has 4 bridgehead atoms. The largest absolute Gasteiger partial charge is 0.351 e. The summed E-state index contributed by atoms with van der Waals surface area (Å²) in [5.74, 6) is 2.63. The molecule has 4 aliphatic rings. The summed E-state index contributed by atoms with van der Waals surface area (Å²) in [4.78, 5) is 17.6. The Kier molecular flexibility index (Phi) is 3.79. The zero-order valence-corrected chi connectivity index (χ0v) is 16.0. The first kappa shape index (κ1) is 16.6. The lowest BCUT2D eigenvalue weighted by molar-refractivity contribution is -0.0503. The highest BCUT2D eigenvalue weighted by atomic mass is 35.5. The predicted octanol–water partition coefficient (Wildman–Crippen LogP) is 5.14. The van der Waals surface area contributed by atoms with Crippen LogP contribution in [0.5, 0.6) is 0 Å². The molecule has 3 nitrogen and oxygen atoms in total. The summed E-state index contributed by atoms with van der Waals surface area (Å²) in [7, 11) is 0. The van der Waals surface area contributed by atoms with E-state index in [1.807, 2.05) is 25.1 Å². The van der Waals surface area contributed by atoms with Crippen molar-refractivity contribution in [2.24, 2.45) is 23.2 Å². The minimum atomic E-state index is -0.0537. The second-order valence-corrected chi connectivity index (χ2v) is 9.45. The van der Waals surface area contributed by atoms with Gasteiger partial charge in [-0.05, 0) is 86.8 Å². The second-order valence-electron chi connectivity index (χ2n) is 9.04. The number of fused-ring (bicyclic) bond motifs is 1. The van der Waals surface area contributed by atoms with E-state index in [1.165, 1.54) is 38.5 Å². The molecule has 1 aromatic carbocycles. The van der Waals surface area contributed by atoms with E-state index < -0.39 is 0 Å². The van der Waals surface area contributed by atoms with Crippen molar-refractivity contribution in [1.29, 1.82) is 0 Å². The quantitative estimate of drug-likeness (QED) is 0.814. The molecule has 1 aromatic heterocycles. The smallest absolute Gasteiger partial charge is 0.253 e. The van der Waals surface area contributed by atoms with E-state index in [1.54, 1.807) is 6.07 Å². The van der Waals surface area contributed by atoms with Gasteiger partial charge in [0.15, 0.2) is 0 Å². The fourth-order valence-electron chi connectivity index (χ4n) is 6.37. The molecule has 0 saturated heterocycles. The van der Waals surface area contributed by atoms with Crippen LogP contribution in [0.25, 0.3) is 10.9 Å². The van der Waals surface area contributed by atoms with Gasteiger partial charge in [0, 0.05) is 17.6 Å². The van der Waals surface area contributed by atoms with E-state index in [0.29, 0.717) is 16.0 Å². The molecule has 0 spiro atoms. The van der Waals surface area contributed by atoms with Crippen LogP contribution in [-0.4, -0.2) is 17.4 Å². The Bertz CT molecular complexity index is 856. The highest BCUT2D eigenvalue weighted by molar-refractivity contribution is 6.35. The molecular formula is C22H25ClN2O. The Balaban J connectivity index is 1.40. The lowest BCUT2D eigenvalue weighted by Crippen LogP contribution is -2.51. The van der Waals surface area contributed by atoms with E-state index in [-0.39, 0.29) is 5.91 Å². The molecule has 4 saturated carbocycles. The molecule has 4 fully saturated rings. The number of aromatic nitrogens is 1. The summed E-state index contributed by atoms with van der Waals surface area (Å²) in [6.07, 6.45) is 8.16. The summed E-state index contributed by atoms with van der Waals surface area (Å²) in [5, 5.41) is 4.60. The number of hydrogen-bond donors (Lipinski definition) is 1. The number of rotatable bonds is 3. The van der Waals surface area contributed by atoms with Gasteiger partial charge in [-0.25, -0.2) is 0 Å². The minimum absolute atomic E-state index is 0.0537. The summed E-state index contributed by atoms with van der Waals surface area (Å²) < 4.78 is 0. The van der Waals surface area contributed by atoms with Crippen molar-refractivity contribution in [3.8, 4) is 0 Å². The Hall–Kier alpha value is -1.61. The van der Waals surface area contributed by atoms with Gasteiger partial charge in [0.25, 0.3) is 5.91 Å². The number of pyridine rings is 1. The molecule has 4 heteroatoms. The van der Waals surface area contributed by atoms with Crippen LogP contribution in [0.2, 0.25) is 5.02 Å². The number of nitrogens with one attached hydrogen (secondary N) is 1. The van der Waals surface area contributed by atoms with Crippen LogP contribution in [0.15, 0.2) is 24.3 Å². The number of amides is 1. The maximum atomic E-state index is 13.0. The minimum Gasteiger partial charge on any atom is -0.351 e. The van der Waals surface area contributed by atoms with Gasteiger partial charge >= 0.3 is 0 Å². The lowest BCUT2D eigenvalue weighted by Gasteiger charge is -2.56. The topological polar surface area (TPSA) is 42.0 Å². The van der Waals surface area contributed by atoms with Gasteiger partial charge in [-0.2, -0.15) is 0 Å². The number of hydrogen-bond acceptors (Lipinski definition) is 2. The third-order valence-corrected chi connectivity index (χ3v) is 7.29. The number of carbonyl (C=O) groups is 1. The Morgan fingerprint density at radius 1 is 1.12 bits per heavy atom. The SMILES string of the molecule is Cc1ccc2c(C(=O)NCC34CC5CC(CC(C5)C3)C4)c(Cl)ccc2n1. The van der Waals surface area contributed by atoms with Gasteiger partial charge in [0.1, 0.15) is 0 Å². The number of halogens is 1. The van der Waals surface area contributed by atoms with Crippen LogP contribution in [0.1, 0.15) is 54.6 Å². The monoisotopic (exact) mass is 368 g/mol. The maximum Gasteiger partial charge on any atom is 0.253 e. The molecule has 1 heterocycles. The third kappa shape index (κ3) is 2.72. The van der Waals surface area contributed by atoms with Crippen molar-refractivity contribution < 1.29 is 4.79 Å². The molecule has 4 aliphatic carbocycles. The van der Waals surface area contributed by atoms with Gasteiger partial charge in [-0.3, -0.25) is 9.78 Å². The molecule has 0 unspecified atom stereocenters. The first-order valence-electron chi connectivity index (χ1n) is 9.85. The summed E-state index contributed by atoms with van der Waals surface area (Å²) in [5.41, 5.74) is 2.67. The molecule has 0 atom stereocenters. The fraction of sp³-hybridized carbons (Fsp3) is 0.545. The van der Waals surface area contributed by atoms with Crippen molar-refractivity contribution in [2.45, 2.75) is 45.4 Å². The second kappa shape index (κ2) is 5.95. The predicted molar refractivity (Wildman–Crippen MR) is 104 cm³/mol. The van der Waals surface area contributed by atoms with E-state index >= 15 is 0 Å². The number of carbonyl (C=O) groups excluding carboxylic acids is 1. The Morgan fingerprint density at radius 2 is 1.77 bits per heavy atom. The standard InChI is InChI=1S/C22H25ClN2O/c1-13-2-3-17-19(25-13)5-4-18(23)20(17)21(26)24-12-22-9-14-6-15(10-22)8-16(7-14)11-22/h2-5,14-16H,6-12H2,1H3,(H,24,26). The van der Waals surface area contributed by atoms with Gasteiger partial charge in [0.05, 0.1) is 16.1 Å².